The number of fused-ring (bicyclic) bond motifs is 2. The van der Waals surface area contributed by atoms with Gasteiger partial charge >= 0.3 is 58.4 Å². The normalized spacial score (nSPS) is 30.3. The third-order valence-corrected chi connectivity index (χ3v) is 3.45. The van der Waals surface area contributed by atoms with Crippen molar-refractivity contribution in [1.82, 2.24) is 4.90 Å². The van der Waals surface area contributed by atoms with Gasteiger partial charge in [0.1, 0.15) is 0 Å². The first kappa shape index (κ1) is 14.3. The molecule has 1 nitrogen and oxygen atoms in total. The Labute approximate surface area is 131 Å². The monoisotopic (exact) mass is 243 g/mol. The molecule has 0 unspecified atom stereocenters. The molecule has 0 N–H and O–H groups in total. The summed E-state index contributed by atoms with van der Waals surface area (Å²) in [4.78, 5) is 2.00. The zero-order valence-corrected chi connectivity index (χ0v) is 12.2. The van der Waals surface area contributed by atoms with Gasteiger partial charge in [-0.05, 0) is 32.2 Å². The smallest absolute Gasteiger partial charge is 0.445 e. The van der Waals surface area contributed by atoms with E-state index in [4.69, 9.17) is 0 Å². The molecule has 2 saturated heterocycles. The fourth-order valence-corrected chi connectivity index (χ4v) is 2.62. The average molecular weight is 243 g/mol. The van der Waals surface area contributed by atoms with Crippen molar-refractivity contribution in [1.29, 1.82) is 0 Å². The van der Waals surface area contributed by atoms with E-state index in [1.165, 1.54) is 0 Å². The van der Waals surface area contributed by atoms with Gasteiger partial charge in [0.25, 0.3) is 0 Å². The summed E-state index contributed by atoms with van der Waals surface area (Å²) >= 11 is 0. The summed E-state index contributed by atoms with van der Waals surface area (Å²) in [7, 11) is 0. The average Bonchev–Trinajstić information content (AvgIpc) is 2.63. The van der Waals surface area contributed by atoms with Crippen LogP contribution in [0.15, 0.2) is 12.1 Å². The second-order valence-electron chi connectivity index (χ2n) is 4.37. The van der Waals surface area contributed by atoms with Gasteiger partial charge in [0.2, 0.25) is 0 Å². The zero-order valence-electron chi connectivity index (χ0n) is 9.06. The Hall–Kier alpha value is 1.19. The van der Waals surface area contributed by atoms with Gasteiger partial charge in [0.05, 0.1) is 0 Å². The minimum absolute atomic E-state index is 0. The van der Waals surface area contributed by atoms with Crippen molar-refractivity contribution >= 4 is 6.98 Å². The van der Waals surface area contributed by atoms with Crippen LogP contribution >= 0.6 is 0 Å². The van der Waals surface area contributed by atoms with Crippen LogP contribution in [0.2, 0.25) is 0 Å². The quantitative estimate of drug-likeness (QED) is 0.607. The van der Waals surface area contributed by atoms with Crippen molar-refractivity contribution in [2.45, 2.75) is 37.8 Å². The first-order chi connectivity index (χ1) is 6.48. The van der Waals surface area contributed by atoms with Gasteiger partial charge < -0.3 is 12.9 Å². The van der Waals surface area contributed by atoms with E-state index in [9.17, 15) is 12.9 Å². The topological polar surface area (TPSA) is 3.24 Å². The molecule has 0 aliphatic carbocycles. The minimum atomic E-state index is -4.84. The molecule has 0 radical (unpaired) electrons. The molecule has 2 aliphatic rings. The molecule has 15 heavy (non-hydrogen) atoms. The van der Waals surface area contributed by atoms with Crippen LogP contribution < -0.4 is 51.4 Å². The molecular weight excluding hydrogens is 229 g/mol. The molecule has 6 heteroatoms. The van der Waals surface area contributed by atoms with E-state index in [0.29, 0.717) is 12.1 Å². The number of rotatable bonds is 3. The van der Waals surface area contributed by atoms with Gasteiger partial charge in [-0.2, -0.15) is 0 Å². The van der Waals surface area contributed by atoms with Crippen LogP contribution in [0, 0.1) is 0 Å². The summed E-state index contributed by atoms with van der Waals surface area (Å²) in [6.07, 6.45) is 4.29. The Morgan fingerprint density at radius 2 is 1.53 bits per heavy atom. The van der Waals surface area contributed by atoms with Crippen LogP contribution in [-0.4, -0.2) is 30.5 Å². The Morgan fingerprint density at radius 1 is 1.13 bits per heavy atom. The van der Waals surface area contributed by atoms with E-state index in [2.05, 4.69) is 6.58 Å². The van der Waals surface area contributed by atoms with E-state index in [1.807, 2.05) is 4.90 Å². The molecule has 2 rings (SSSR count). The largest absolute Gasteiger partial charge is 1.00 e. The fraction of sp³-hybridized carbons (Fsp3) is 0.778. The summed E-state index contributed by atoms with van der Waals surface area (Å²) in [5, 5.41) is 0. The van der Waals surface area contributed by atoms with Crippen LogP contribution in [0.3, 0.4) is 0 Å². The molecule has 0 aromatic heterocycles. The van der Waals surface area contributed by atoms with E-state index >= 15 is 0 Å². The SMILES string of the molecule is C=C(CN1C2CCC1CC2)[B-](F)(F)F.[K+]. The summed E-state index contributed by atoms with van der Waals surface area (Å²) in [5.41, 5.74) is -0.538. The van der Waals surface area contributed by atoms with Gasteiger partial charge in [0.15, 0.2) is 0 Å². The first-order valence-electron chi connectivity index (χ1n) is 5.12. The predicted molar refractivity (Wildman–Crippen MR) is 51.0 cm³/mol. The molecule has 80 valence electrons. The second kappa shape index (κ2) is 5.23. The Balaban J connectivity index is 0.00000112. The number of hydrogen-bond acceptors (Lipinski definition) is 1. The number of halogens is 3. The molecular formula is C9H14BF3KN. The van der Waals surface area contributed by atoms with Crippen LogP contribution in [0.5, 0.6) is 0 Å². The fourth-order valence-electron chi connectivity index (χ4n) is 2.62. The molecule has 2 fully saturated rings. The van der Waals surface area contributed by atoms with Gasteiger partial charge in [0, 0.05) is 12.1 Å². The molecule has 0 atom stereocenters. The number of hydrogen-bond donors (Lipinski definition) is 0. The van der Waals surface area contributed by atoms with E-state index in [1.54, 1.807) is 0 Å². The zero-order chi connectivity index (χ0) is 10.3. The first-order valence-corrected chi connectivity index (χ1v) is 5.12. The summed E-state index contributed by atoms with van der Waals surface area (Å²) < 4.78 is 36.9. The third-order valence-electron chi connectivity index (χ3n) is 3.45. The van der Waals surface area contributed by atoms with Gasteiger partial charge in [-0.3, -0.25) is 4.90 Å². The van der Waals surface area contributed by atoms with Gasteiger partial charge in [-0.15, -0.1) is 12.1 Å². The molecule has 0 aromatic rings. The predicted octanol–water partition coefficient (Wildman–Crippen LogP) is -0.440. The maximum Gasteiger partial charge on any atom is 1.00 e. The molecule has 0 spiro atoms. The summed E-state index contributed by atoms with van der Waals surface area (Å²) in [5.74, 6) is 0. The van der Waals surface area contributed by atoms with Crippen LogP contribution in [-0.2, 0) is 0 Å². The Kier molecular flexibility index (Phi) is 4.97. The minimum Gasteiger partial charge on any atom is -0.445 e. The van der Waals surface area contributed by atoms with Crippen LogP contribution in [0.25, 0.3) is 0 Å². The number of nitrogens with zero attached hydrogens (tertiary/aromatic N) is 1. The third kappa shape index (κ3) is 3.10. The van der Waals surface area contributed by atoms with Crippen molar-refractivity contribution in [3.63, 3.8) is 0 Å². The van der Waals surface area contributed by atoms with E-state index in [0.717, 1.165) is 25.7 Å². The maximum atomic E-state index is 12.3. The van der Waals surface area contributed by atoms with Gasteiger partial charge in [-0.1, -0.05) is 0 Å². The molecule has 2 aliphatic heterocycles. The maximum absolute atomic E-state index is 12.3. The summed E-state index contributed by atoms with van der Waals surface area (Å²) in [6, 6.07) is 0.796. The standard InChI is InChI=1S/C9H14BF3N.K/c1-7(10(11,12)13)6-14-8-2-3-9(14)5-4-8;/h8-9H,1-6H2;/q-1;+1. The van der Waals surface area contributed by atoms with E-state index < -0.39 is 12.4 Å². The van der Waals surface area contributed by atoms with Crippen molar-refractivity contribution < 1.29 is 64.3 Å². The Morgan fingerprint density at radius 3 is 1.87 bits per heavy atom. The summed E-state index contributed by atoms with van der Waals surface area (Å²) in [6.45, 7) is -1.65. The van der Waals surface area contributed by atoms with Crippen molar-refractivity contribution in [3.8, 4) is 0 Å². The van der Waals surface area contributed by atoms with Crippen LogP contribution in [0.1, 0.15) is 25.7 Å². The van der Waals surface area contributed by atoms with Crippen molar-refractivity contribution in [2.75, 3.05) is 6.54 Å². The molecule has 0 aromatic carbocycles. The van der Waals surface area contributed by atoms with Crippen LogP contribution in [0.4, 0.5) is 12.9 Å². The second-order valence-corrected chi connectivity index (χ2v) is 4.37. The molecule has 0 amide bonds. The molecule has 2 heterocycles. The van der Waals surface area contributed by atoms with E-state index in [-0.39, 0.29) is 57.9 Å². The molecule has 0 saturated carbocycles. The molecule has 2 bridgehead atoms. The van der Waals surface area contributed by atoms with Gasteiger partial charge in [-0.25, -0.2) is 0 Å². The van der Waals surface area contributed by atoms with Crippen molar-refractivity contribution in [3.05, 3.63) is 12.1 Å². The van der Waals surface area contributed by atoms with Crippen molar-refractivity contribution in [2.24, 2.45) is 0 Å². The Bertz CT molecular complexity index is 236.